The van der Waals surface area contributed by atoms with Gasteiger partial charge in [-0.1, -0.05) is 24.3 Å². The van der Waals surface area contributed by atoms with Crippen molar-refractivity contribution < 1.29 is 23.1 Å². The lowest BCUT2D eigenvalue weighted by molar-refractivity contribution is -0.136. The van der Waals surface area contributed by atoms with Crippen molar-refractivity contribution in [2.24, 2.45) is 0 Å². The number of urea groups is 1. The van der Waals surface area contributed by atoms with Gasteiger partial charge in [-0.25, -0.2) is 4.79 Å². The van der Waals surface area contributed by atoms with E-state index in [0.29, 0.717) is 5.56 Å². The van der Waals surface area contributed by atoms with Gasteiger partial charge in [0, 0.05) is 25.8 Å². The molecule has 2 aromatic rings. The number of fused-ring (bicyclic) bond motifs is 1. The molecule has 0 saturated heterocycles. The summed E-state index contributed by atoms with van der Waals surface area (Å²) in [7, 11) is 1.99. The molecular formula is C19H20F3N3O2. The topological polar surface area (TPSA) is 64.6 Å². The fraction of sp³-hybridized carbons (Fsp3) is 0.316. The summed E-state index contributed by atoms with van der Waals surface area (Å²) >= 11 is 0. The zero-order valence-electron chi connectivity index (χ0n) is 14.7. The first kappa shape index (κ1) is 19.0. The van der Waals surface area contributed by atoms with Crippen molar-refractivity contribution in [3.63, 3.8) is 0 Å². The van der Waals surface area contributed by atoms with Crippen LogP contribution in [0.25, 0.3) is 0 Å². The van der Waals surface area contributed by atoms with Crippen molar-refractivity contribution >= 4 is 17.4 Å². The number of anilines is 2. The van der Waals surface area contributed by atoms with Gasteiger partial charge in [-0.2, -0.15) is 13.2 Å². The number of carbonyl (C=O) groups is 1. The average Bonchev–Trinajstić information content (AvgIpc) is 2.99. The van der Waals surface area contributed by atoms with Crippen LogP contribution in [0.3, 0.4) is 0 Å². The predicted octanol–water partition coefficient (Wildman–Crippen LogP) is 3.55. The Morgan fingerprint density at radius 2 is 2.00 bits per heavy atom. The van der Waals surface area contributed by atoms with Crippen LogP contribution in [0.1, 0.15) is 22.8 Å². The SMILES string of the molecule is CN1CCc2cc(C(O)CNC(=O)Nc3ccccc3C(F)(F)F)ccc21. The van der Waals surface area contributed by atoms with Gasteiger partial charge in [-0.3, -0.25) is 0 Å². The van der Waals surface area contributed by atoms with E-state index >= 15 is 0 Å². The smallest absolute Gasteiger partial charge is 0.387 e. The summed E-state index contributed by atoms with van der Waals surface area (Å²) < 4.78 is 38.9. The van der Waals surface area contributed by atoms with Gasteiger partial charge in [0.2, 0.25) is 0 Å². The van der Waals surface area contributed by atoms with Crippen LogP contribution in [-0.2, 0) is 12.6 Å². The van der Waals surface area contributed by atoms with Gasteiger partial charge in [0.15, 0.2) is 0 Å². The van der Waals surface area contributed by atoms with Crippen LogP contribution in [0.2, 0.25) is 0 Å². The molecule has 2 amide bonds. The zero-order valence-corrected chi connectivity index (χ0v) is 14.7. The largest absolute Gasteiger partial charge is 0.418 e. The number of aliphatic hydroxyl groups excluding tert-OH is 1. The molecule has 1 aliphatic rings. The van der Waals surface area contributed by atoms with Crippen molar-refractivity contribution in [2.75, 3.05) is 30.4 Å². The molecule has 2 aromatic carbocycles. The minimum absolute atomic E-state index is 0.116. The Hall–Kier alpha value is -2.74. The van der Waals surface area contributed by atoms with Gasteiger partial charge < -0.3 is 20.6 Å². The second-order valence-electron chi connectivity index (χ2n) is 6.45. The molecule has 1 heterocycles. The van der Waals surface area contributed by atoms with E-state index in [9.17, 15) is 23.1 Å². The second-order valence-corrected chi connectivity index (χ2v) is 6.45. The fourth-order valence-electron chi connectivity index (χ4n) is 3.11. The highest BCUT2D eigenvalue weighted by Gasteiger charge is 2.33. The lowest BCUT2D eigenvalue weighted by atomic mass is 10.0. The highest BCUT2D eigenvalue weighted by Crippen LogP contribution is 2.34. The quantitative estimate of drug-likeness (QED) is 0.761. The number of hydrogen-bond acceptors (Lipinski definition) is 3. The summed E-state index contributed by atoms with van der Waals surface area (Å²) in [4.78, 5) is 14.1. The van der Waals surface area contributed by atoms with E-state index in [1.165, 1.54) is 18.2 Å². The number of hydrogen-bond donors (Lipinski definition) is 3. The molecule has 0 bridgehead atoms. The second kappa shape index (κ2) is 7.48. The number of nitrogens with one attached hydrogen (secondary N) is 2. The molecule has 1 unspecified atom stereocenters. The number of amides is 2. The summed E-state index contributed by atoms with van der Waals surface area (Å²) in [6, 6.07) is 9.50. The third-order valence-electron chi connectivity index (χ3n) is 4.55. The Morgan fingerprint density at radius 3 is 2.74 bits per heavy atom. The number of aliphatic hydroxyl groups is 1. The van der Waals surface area contributed by atoms with E-state index < -0.39 is 23.9 Å². The zero-order chi connectivity index (χ0) is 19.6. The maximum absolute atomic E-state index is 13.0. The van der Waals surface area contributed by atoms with Gasteiger partial charge in [-0.15, -0.1) is 0 Å². The first-order chi connectivity index (χ1) is 12.8. The van der Waals surface area contributed by atoms with Crippen LogP contribution < -0.4 is 15.5 Å². The van der Waals surface area contributed by atoms with E-state index in [-0.39, 0.29) is 12.2 Å². The van der Waals surface area contributed by atoms with E-state index in [0.717, 1.165) is 30.3 Å². The van der Waals surface area contributed by atoms with E-state index in [1.807, 2.05) is 19.2 Å². The molecule has 0 spiro atoms. The number of benzene rings is 2. The molecule has 1 atom stereocenters. The molecule has 27 heavy (non-hydrogen) atoms. The van der Waals surface area contributed by atoms with Crippen molar-refractivity contribution in [3.8, 4) is 0 Å². The molecule has 0 radical (unpaired) electrons. The Morgan fingerprint density at radius 1 is 1.26 bits per heavy atom. The normalized spacial score (nSPS) is 14.6. The highest BCUT2D eigenvalue weighted by atomic mass is 19.4. The van der Waals surface area contributed by atoms with Gasteiger partial charge >= 0.3 is 12.2 Å². The molecule has 3 rings (SSSR count). The average molecular weight is 379 g/mol. The van der Waals surface area contributed by atoms with E-state index in [1.54, 1.807) is 6.07 Å². The van der Waals surface area contributed by atoms with Crippen molar-refractivity contribution in [1.29, 1.82) is 0 Å². The molecule has 0 fully saturated rings. The van der Waals surface area contributed by atoms with Crippen molar-refractivity contribution in [1.82, 2.24) is 5.32 Å². The Bertz CT molecular complexity index is 839. The van der Waals surface area contributed by atoms with Crippen LogP contribution in [0, 0.1) is 0 Å². The van der Waals surface area contributed by atoms with Crippen LogP contribution in [0.5, 0.6) is 0 Å². The van der Waals surface area contributed by atoms with Gasteiger partial charge in [-0.05, 0) is 35.7 Å². The van der Waals surface area contributed by atoms with Crippen LogP contribution in [0.4, 0.5) is 29.3 Å². The lowest BCUT2D eigenvalue weighted by Crippen LogP contribution is -2.33. The number of nitrogens with zero attached hydrogens (tertiary/aromatic N) is 1. The molecule has 3 N–H and O–H groups in total. The number of likely N-dealkylation sites (N-methyl/N-ethyl adjacent to an activating group) is 1. The number of halogens is 3. The van der Waals surface area contributed by atoms with Gasteiger partial charge in [0.1, 0.15) is 0 Å². The Kier molecular flexibility index (Phi) is 5.27. The number of carbonyl (C=O) groups excluding carboxylic acids is 1. The summed E-state index contributed by atoms with van der Waals surface area (Å²) in [5.41, 5.74) is 1.62. The summed E-state index contributed by atoms with van der Waals surface area (Å²) in [6.07, 6.45) is -4.64. The minimum Gasteiger partial charge on any atom is -0.387 e. The van der Waals surface area contributed by atoms with Crippen molar-refractivity contribution in [3.05, 3.63) is 59.2 Å². The highest BCUT2D eigenvalue weighted by molar-refractivity contribution is 5.90. The summed E-state index contributed by atoms with van der Waals surface area (Å²) in [5, 5.41) is 14.9. The predicted molar refractivity (Wildman–Crippen MR) is 96.8 cm³/mol. The molecule has 1 aliphatic heterocycles. The third-order valence-corrected chi connectivity index (χ3v) is 4.55. The summed E-state index contributed by atoms with van der Waals surface area (Å²) in [6.45, 7) is 0.794. The first-order valence-corrected chi connectivity index (χ1v) is 8.49. The van der Waals surface area contributed by atoms with Crippen LogP contribution >= 0.6 is 0 Å². The Balaban J connectivity index is 1.60. The van der Waals surface area contributed by atoms with Crippen LogP contribution in [-0.4, -0.2) is 31.3 Å². The third kappa shape index (κ3) is 4.33. The Labute approximate surface area is 154 Å². The fourth-order valence-corrected chi connectivity index (χ4v) is 3.11. The molecule has 144 valence electrons. The maximum Gasteiger partial charge on any atom is 0.418 e. The summed E-state index contributed by atoms with van der Waals surface area (Å²) in [5.74, 6) is 0. The molecule has 0 aliphatic carbocycles. The number of para-hydroxylation sites is 1. The number of alkyl halides is 3. The molecule has 0 aromatic heterocycles. The lowest BCUT2D eigenvalue weighted by Gasteiger charge is -2.17. The molecule has 0 saturated carbocycles. The molecule has 5 nitrogen and oxygen atoms in total. The van der Waals surface area contributed by atoms with Crippen LogP contribution in [0.15, 0.2) is 42.5 Å². The first-order valence-electron chi connectivity index (χ1n) is 8.49. The standard InChI is InChI=1S/C19H20F3N3O2/c1-25-9-8-12-10-13(6-7-16(12)25)17(26)11-23-18(27)24-15-5-3-2-4-14(15)19(20,21)22/h2-7,10,17,26H,8-9,11H2,1H3,(H2,23,24,27). The van der Waals surface area contributed by atoms with Gasteiger partial charge in [0.05, 0.1) is 17.4 Å². The number of rotatable bonds is 4. The molecular weight excluding hydrogens is 359 g/mol. The maximum atomic E-state index is 13.0. The van der Waals surface area contributed by atoms with E-state index in [2.05, 4.69) is 15.5 Å². The molecule has 8 heteroatoms. The van der Waals surface area contributed by atoms with Gasteiger partial charge in [0.25, 0.3) is 0 Å². The minimum atomic E-state index is -4.57. The van der Waals surface area contributed by atoms with Crippen molar-refractivity contribution in [2.45, 2.75) is 18.7 Å². The monoisotopic (exact) mass is 379 g/mol. The van der Waals surface area contributed by atoms with E-state index in [4.69, 9.17) is 0 Å².